The van der Waals surface area contributed by atoms with E-state index in [-0.39, 0.29) is 23.8 Å². The summed E-state index contributed by atoms with van der Waals surface area (Å²) in [4.78, 5) is 25.5. The van der Waals surface area contributed by atoms with Crippen molar-refractivity contribution >= 4 is 11.9 Å². The lowest BCUT2D eigenvalue weighted by Crippen LogP contribution is -2.44. The van der Waals surface area contributed by atoms with Crippen molar-refractivity contribution in [3.63, 3.8) is 0 Å². The van der Waals surface area contributed by atoms with Gasteiger partial charge in [-0.1, -0.05) is 32.9 Å². The van der Waals surface area contributed by atoms with Crippen LogP contribution in [0.15, 0.2) is 24.3 Å². The Balaban J connectivity index is 2.11. The van der Waals surface area contributed by atoms with Crippen molar-refractivity contribution in [2.24, 2.45) is 0 Å². The van der Waals surface area contributed by atoms with E-state index in [0.29, 0.717) is 12.0 Å². The minimum atomic E-state index is -0.794. The molecule has 4 nitrogen and oxygen atoms in total. The van der Waals surface area contributed by atoms with E-state index >= 15 is 0 Å². The molecule has 1 aliphatic heterocycles. The number of carbonyl (C=O) groups excluding carboxylic acids is 1. The third-order valence-corrected chi connectivity index (χ3v) is 4.58. The van der Waals surface area contributed by atoms with Gasteiger partial charge in [-0.25, -0.2) is 0 Å². The number of benzene rings is 1. The second kappa shape index (κ2) is 7.16. The molecule has 1 fully saturated rings. The molecule has 0 saturated carbocycles. The minimum absolute atomic E-state index is 0.0283. The van der Waals surface area contributed by atoms with E-state index in [1.54, 1.807) is 0 Å². The molecule has 1 aromatic rings. The Morgan fingerprint density at radius 1 is 1.17 bits per heavy atom. The van der Waals surface area contributed by atoms with Gasteiger partial charge in [-0.05, 0) is 48.8 Å². The van der Waals surface area contributed by atoms with Gasteiger partial charge in [-0.2, -0.15) is 0 Å². The topological polar surface area (TPSA) is 57.6 Å². The molecule has 1 aromatic carbocycles. The van der Waals surface area contributed by atoms with Crippen LogP contribution in [0.4, 0.5) is 0 Å². The average Bonchev–Trinajstić information content (AvgIpc) is 2.52. The molecule has 126 valence electrons. The number of nitrogens with zero attached hydrogens (tertiary/aromatic N) is 1. The predicted molar refractivity (Wildman–Crippen MR) is 90.7 cm³/mol. The van der Waals surface area contributed by atoms with E-state index in [9.17, 15) is 9.59 Å². The van der Waals surface area contributed by atoms with Gasteiger partial charge in [-0.3, -0.25) is 9.59 Å². The van der Waals surface area contributed by atoms with E-state index in [0.717, 1.165) is 25.8 Å². The zero-order valence-electron chi connectivity index (χ0n) is 14.3. The van der Waals surface area contributed by atoms with Crippen molar-refractivity contribution in [3.05, 3.63) is 35.4 Å². The molecule has 0 spiro atoms. The maximum atomic E-state index is 12.8. The van der Waals surface area contributed by atoms with Crippen LogP contribution < -0.4 is 0 Å². The molecule has 1 amide bonds. The fourth-order valence-electron chi connectivity index (χ4n) is 3.14. The maximum absolute atomic E-state index is 12.8. The molecule has 1 saturated heterocycles. The molecule has 1 N–H and O–H groups in total. The van der Waals surface area contributed by atoms with Crippen LogP contribution in [0.2, 0.25) is 0 Å². The van der Waals surface area contributed by atoms with Crippen molar-refractivity contribution in [2.45, 2.75) is 64.3 Å². The third-order valence-electron chi connectivity index (χ3n) is 4.58. The lowest BCUT2D eigenvalue weighted by Gasteiger charge is -2.36. The summed E-state index contributed by atoms with van der Waals surface area (Å²) in [5.41, 5.74) is 1.96. The Morgan fingerprint density at radius 2 is 1.83 bits per heavy atom. The standard InChI is InChI=1S/C19H27NO3/c1-19(2,3)15-9-7-14(8-10-15)18(23)20-13-5-4-6-16(20)11-12-17(21)22/h7-10,16H,4-6,11-13H2,1-3H3,(H,21,22). The van der Waals surface area contributed by atoms with Crippen LogP contribution in [0.1, 0.15) is 68.8 Å². The van der Waals surface area contributed by atoms with Crippen molar-refractivity contribution in [1.29, 1.82) is 0 Å². The summed E-state index contributed by atoms with van der Waals surface area (Å²) in [6.07, 6.45) is 3.63. The predicted octanol–water partition coefficient (Wildman–Crippen LogP) is 3.84. The number of hydrogen-bond donors (Lipinski definition) is 1. The SMILES string of the molecule is CC(C)(C)c1ccc(C(=O)N2CCCCC2CCC(=O)O)cc1. The van der Waals surface area contributed by atoms with Crippen molar-refractivity contribution < 1.29 is 14.7 Å². The molecule has 1 unspecified atom stereocenters. The van der Waals surface area contributed by atoms with E-state index in [4.69, 9.17) is 5.11 Å². The highest BCUT2D eigenvalue weighted by Crippen LogP contribution is 2.25. The number of carboxylic acids is 1. The van der Waals surface area contributed by atoms with Crippen molar-refractivity contribution in [3.8, 4) is 0 Å². The Labute approximate surface area is 138 Å². The molecule has 0 aromatic heterocycles. The monoisotopic (exact) mass is 317 g/mol. The van der Waals surface area contributed by atoms with Gasteiger partial charge in [0.15, 0.2) is 0 Å². The van der Waals surface area contributed by atoms with Gasteiger partial charge in [-0.15, -0.1) is 0 Å². The second-order valence-corrected chi connectivity index (χ2v) is 7.41. The first kappa shape index (κ1) is 17.5. The maximum Gasteiger partial charge on any atom is 0.303 e. The van der Waals surface area contributed by atoms with Crippen molar-refractivity contribution in [2.75, 3.05) is 6.54 Å². The van der Waals surface area contributed by atoms with Gasteiger partial charge in [0.2, 0.25) is 0 Å². The molecular weight excluding hydrogens is 290 g/mol. The lowest BCUT2D eigenvalue weighted by atomic mass is 9.86. The molecule has 0 aliphatic carbocycles. The summed E-state index contributed by atoms with van der Waals surface area (Å²) in [5.74, 6) is -0.766. The van der Waals surface area contributed by atoms with E-state index in [2.05, 4.69) is 20.8 Å². The van der Waals surface area contributed by atoms with Gasteiger partial charge < -0.3 is 10.0 Å². The number of carboxylic acid groups (broad SMARTS) is 1. The largest absolute Gasteiger partial charge is 0.481 e. The number of amides is 1. The number of rotatable bonds is 4. The Hall–Kier alpha value is -1.84. The van der Waals surface area contributed by atoms with Crippen LogP contribution in [-0.4, -0.2) is 34.5 Å². The van der Waals surface area contributed by atoms with Crippen LogP contribution in [0.25, 0.3) is 0 Å². The highest BCUT2D eigenvalue weighted by atomic mass is 16.4. The summed E-state index contributed by atoms with van der Waals surface area (Å²) in [5, 5.41) is 8.89. The molecule has 0 radical (unpaired) electrons. The molecular formula is C19H27NO3. The quantitative estimate of drug-likeness (QED) is 0.918. The van der Waals surface area contributed by atoms with E-state index < -0.39 is 5.97 Å². The molecule has 4 heteroatoms. The summed E-state index contributed by atoms with van der Waals surface area (Å²) < 4.78 is 0. The molecule has 2 rings (SSSR count). The Kier molecular flexibility index (Phi) is 5.45. The lowest BCUT2D eigenvalue weighted by molar-refractivity contribution is -0.137. The Bertz CT molecular complexity index is 557. The van der Waals surface area contributed by atoms with Crippen LogP contribution >= 0.6 is 0 Å². The molecule has 1 heterocycles. The summed E-state index contributed by atoms with van der Waals surface area (Å²) in [7, 11) is 0. The van der Waals surface area contributed by atoms with Gasteiger partial charge in [0.05, 0.1) is 0 Å². The van der Waals surface area contributed by atoms with Gasteiger partial charge in [0, 0.05) is 24.6 Å². The summed E-state index contributed by atoms with van der Waals surface area (Å²) in [6, 6.07) is 7.87. The first-order chi connectivity index (χ1) is 10.8. The molecule has 0 bridgehead atoms. The van der Waals surface area contributed by atoms with Crippen LogP contribution in [0.3, 0.4) is 0 Å². The fraction of sp³-hybridized carbons (Fsp3) is 0.579. The summed E-state index contributed by atoms with van der Waals surface area (Å²) in [6.45, 7) is 7.17. The number of aliphatic carboxylic acids is 1. The third kappa shape index (κ3) is 4.57. The number of hydrogen-bond acceptors (Lipinski definition) is 2. The van der Waals surface area contributed by atoms with Crippen LogP contribution in [0, 0.1) is 0 Å². The summed E-state index contributed by atoms with van der Waals surface area (Å²) >= 11 is 0. The highest BCUT2D eigenvalue weighted by Gasteiger charge is 2.28. The zero-order valence-corrected chi connectivity index (χ0v) is 14.3. The highest BCUT2D eigenvalue weighted by molar-refractivity contribution is 5.94. The second-order valence-electron chi connectivity index (χ2n) is 7.41. The molecule has 1 aliphatic rings. The number of carbonyl (C=O) groups is 2. The van der Waals surface area contributed by atoms with E-state index in [1.807, 2.05) is 29.2 Å². The van der Waals surface area contributed by atoms with Gasteiger partial charge in [0.1, 0.15) is 0 Å². The fourth-order valence-corrected chi connectivity index (χ4v) is 3.14. The molecule has 23 heavy (non-hydrogen) atoms. The normalized spacial score (nSPS) is 18.7. The minimum Gasteiger partial charge on any atom is -0.481 e. The smallest absolute Gasteiger partial charge is 0.303 e. The van der Waals surface area contributed by atoms with Crippen molar-refractivity contribution in [1.82, 2.24) is 4.90 Å². The number of likely N-dealkylation sites (tertiary alicyclic amines) is 1. The van der Waals surface area contributed by atoms with Gasteiger partial charge in [0.25, 0.3) is 5.91 Å². The van der Waals surface area contributed by atoms with Crippen LogP contribution in [0.5, 0.6) is 0 Å². The first-order valence-electron chi connectivity index (χ1n) is 8.42. The van der Waals surface area contributed by atoms with Crippen LogP contribution in [-0.2, 0) is 10.2 Å². The first-order valence-corrected chi connectivity index (χ1v) is 8.42. The van der Waals surface area contributed by atoms with E-state index in [1.165, 1.54) is 5.56 Å². The average molecular weight is 317 g/mol. The Morgan fingerprint density at radius 3 is 2.39 bits per heavy atom. The zero-order chi connectivity index (χ0) is 17.0. The number of piperidine rings is 1. The molecule has 1 atom stereocenters. The van der Waals surface area contributed by atoms with Gasteiger partial charge >= 0.3 is 5.97 Å².